The molecule has 13 heteroatoms. The SMILES string of the molecule is COc1ncc(F)cc1-n1cc2c(n1)CN(C(=O)c1c(OC(C)C(F)(F)F)ccc(C#N)c1Cl)C2. The van der Waals surface area contributed by atoms with Crippen LogP contribution < -0.4 is 9.47 Å². The van der Waals surface area contributed by atoms with Gasteiger partial charge in [0.15, 0.2) is 6.10 Å². The van der Waals surface area contributed by atoms with Crippen molar-refractivity contribution in [1.82, 2.24) is 19.7 Å². The van der Waals surface area contributed by atoms with Gasteiger partial charge in [0.05, 0.1) is 36.1 Å². The van der Waals surface area contributed by atoms with Crippen molar-refractivity contribution in [3.8, 4) is 23.4 Å². The Morgan fingerprint density at radius 3 is 2.69 bits per heavy atom. The van der Waals surface area contributed by atoms with E-state index in [1.165, 1.54) is 28.8 Å². The number of carbonyl (C=O) groups is 1. The molecule has 8 nitrogen and oxygen atoms in total. The molecule has 0 radical (unpaired) electrons. The van der Waals surface area contributed by atoms with Crippen LogP contribution >= 0.6 is 11.6 Å². The van der Waals surface area contributed by atoms with Crippen LogP contribution in [0.15, 0.2) is 30.6 Å². The van der Waals surface area contributed by atoms with Crippen LogP contribution in [-0.2, 0) is 13.1 Å². The van der Waals surface area contributed by atoms with Crippen molar-refractivity contribution in [2.24, 2.45) is 0 Å². The van der Waals surface area contributed by atoms with Crippen molar-refractivity contribution in [3.05, 3.63) is 63.8 Å². The Kier molecular flexibility index (Phi) is 6.29. The third-order valence-electron chi connectivity index (χ3n) is 5.31. The monoisotopic (exact) mass is 509 g/mol. The predicted molar refractivity (Wildman–Crippen MR) is 114 cm³/mol. The fourth-order valence-corrected chi connectivity index (χ4v) is 3.79. The molecule has 0 bridgehead atoms. The highest BCUT2D eigenvalue weighted by molar-refractivity contribution is 6.35. The van der Waals surface area contributed by atoms with Crippen molar-refractivity contribution < 1.29 is 31.8 Å². The lowest BCUT2D eigenvalue weighted by Crippen LogP contribution is -2.33. The van der Waals surface area contributed by atoms with Crippen LogP contribution in [0.4, 0.5) is 17.6 Å². The van der Waals surface area contributed by atoms with E-state index in [4.69, 9.17) is 21.1 Å². The lowest BCUT2D eigenvalue weighted by atomic mass is 10.1. The first-order chi connectivity index (χ1) is 16.5. The van der Waals surface area contributed by atoms with Gasteiger partial charge < -0.3 is 14.4 Å². The van der Waals surface area contributed by atoms with Crippen molar-refractivity contribution in [1.29, 1.82) is 5.26 Å². The Bertz CT molecular complexity index is 1330. The Hall–Kier alpha value is -3.85. The molecule has 1 aliphatic heterocycles. The van der Waals surface area contributed by atoms with E-state index in [2.05, 4.69) is 10.1 Å². The molecule has 1 unspecified atom stereocenters. The average molecular weight is 510 g/mol. The summed E-state index contributed by atoms with van der Waals surface area (Å²) in [5, 5.41) is 13.3. The second-order valence-corrected chi connectivity index (χ2v) is 7.98. The quantitative estimate of drug-likeness (QED) is 0.473. The highest BCUT2D eigenvalue weighted by atomic mass is 35.5. The lowest BCUT2D eigenvalue weighted by Gasteiger charge is -2.23. The maximum Gasteiger partial charge on any atom is 0.425 e. The third kappa shape index (κ3) is 4.59. The van der Waals surface area contributed by atoms with Gasteiger partial charge in [-0.3, -0.25) is 4.79 Å². The molecule has 2 aromatic heterocycles. The molecule has 0 fully saturated rings. The van der Waals surface area contributed by atoms with E-state index in [0.717, 1.165) is 19.2 Å². The first kappa shape index (κ1) is 24.3. The molecule has 1 aromatic carbocycles. The number of benzene rings is 1. The summed E-state index contributed by atoms with van der Waals surface area (Å²) in [6, 6.07) is 5.28. The number of nitriles is 1. The van der Waals surface area contributed by atoms with Gasteiger partial charge in [-0.1, -0.05) is 11.6 Å². The largest absolute Gasteiger partial charge is 0.480 e. The maximum absolute atomic E-state index is 13.7. The molecule has 0 saturated carbocycles. The van der Waals surface area contributed by atoms with Crippen LogP contribution in [0, 0.1) is 17.1 Å². The van der Waals surface area contributed by atoms with E-state index >= 15 is 0 Å². The first-order valence-electron chi connectivity index (χ1n) is 10.1. The number of pyridine rings is 1. The standard InChI is InChI=1S/C22H16ClF4N5O3/c1-11(22(25,26)27)35-17-4-3-12(6-28)19(23)18(17)21(33)31-8-13-9-32(30-15(13)10-31)16-5-14(24)7-29-20(16)34-2/h3-5,7,9,11H,8,10H2,1-2H3. The molecule has 0 saturated heterocycles. The molecule has 0 aliphatic carbocycles. The summed E-state index contributed by atoms with van der Waals surface area (Å²) in [6.07, 6.45) is -4.33. The molecule has 4 rings (SSSR count). The fraction of sp³-hybridized carbons (Fsp3) is 0.273. The molecule has 3 aromatic rings. The summed E-state index contributed by atoms with van der Waals surface area (Å²) in [5.41, 5.74) is 0.902. The molecular weight excluding hydrogens is 494 g/mol. The summed E-state index contributed by atoms with van der Waals surface area (Å²) < 4.78 is 64.4. The zero-order valence-corrected chi connectivity index (χ0v) is 19.0. The highest BCUT2D eigenvalue weighted by Gasteiger charge is 2.39. The summed E-state index contributed by atoms with van der Waals surface area (Å²) in [4.78, 5) is 18.5. The Morgan fingerprint density at radius 2 is 2.06 bits per heavy atom. The van der Waals surface area contributed by atoms with Gasteiger partial charge in [-0.05, 0) is 19.1 Å². The number of amides is 1. The number of ether oxygens (including phenoxy) is 2. The first-order valence-corrected chi connectivity index (χ1v) is 10.4. The topological polar surface area (TPSA) is 93.3 Å². The molecule has 182 valence electrons. The predicted octanol–water partition coefficient (Wildman–Crippen LogP) is 4.43. The molecule has 35 heavy (non-hydrogen) atoms. The third-order valence-corrected chi connectivity index (χ3v) is 5.70. The Balaban J connectivity index is 1.63. The number of aromatic nitrogens is 3. The lowest BCUT2D eigenvalue weighted by molar-refractivity contribution is -0.189. The van der Waals surface area contributed by atoms with E-state index < -0.39 is 29.8 Å². The van der Waals surface area contributed by atoms with Crippen molar-refractivity contribution in [2.75, 3.05) is 7.11 Å². The zero-order chi connectivity index (χ0) is 25.5. The normalized spacial score (nSPS) is 13.8. The second-order valence-electron chi connectivity index (χ2n) is 7.60. The minimum atomic E-state index is -4.68. The number of fused-ring (bicyclic) bond motifs is 1. The molecule has 1 aliphatic rings. The number of carbonyl (C=O) groups excluding carboxylic acids is 1. The summed E-state index contributed by atoms with van der Waals surface area (Å²) in [5.74, 6) is -1.58. The number of hydrogen-bond acceptors (Lipinski definition) is 6. The van der Waals surface area contributed by atoms with Crippen LogP contribution in [0.5, 0.6) is 11.6 Å². The number of halogens is 5. The van der Waals surface area contributed by atoms with Gasteiger partial charge in [0.25, 0.3) is 5.91 Å². The van der Waals surface area contributed by atoms with Crippen LogP contribution in [0.1, 0.15) is 34.1 Å². The van der Waals surface area contributed by atoms with E-state index in [-0.39, 0.29) is 40.8 Å². The van der Waals surface area contributed by atoms with Crippen molar-refractivity contribution in [3.63, 3.8) is 0 Å². The van der Waals surface area contributed by atoms with Gasteiger partial charge in [-0.25, -0.2) is 14.1 Å². The highest BCUT2D eigenvalue weighted by Crippen LogP contribution is 2.36. The maximum atomic E-state index is 13.7. The van der Waals surface area contributed by atoms with Crippen LogP contribution in [0.25, 0.3) is 5.69 Å². The molecular formula is C22H16ClF4N5O3. The van der Waals surface area contributed by atoms with Crippen LogP contribution in [0.2, 0.25) is 5.02 Å². The van der Waals surface area contributed by atoms with Crippen LogP contribution in [-0.4, -0.2) is 45.0 Å². The average Bonchev–Trinajstić information content (AvgIpc) is 3.38. The Morgan fingerprint density at radius 1 is 1.31 bits per heavy atom. The number of alkyl halides is 3. The number of methoxy groups -OCH3 is 1. The van der Waals surface area contributed by atoms with Gasteiger partial charge >= 0.3 is 6.18 Å². The number of hydrogen-bond donors (Lipinski definition) is 0. The number of rotatable bonds is 5. The minimum absolute atomic E-state index is 0.00635. The zero-order valence-electron chi connectivity index (χ0n) is 18.2. The molecule has 3 heterocycles. The molecule has 1 amide bonds. The Labute approximate surface area is 201 Å². The van der Waals surface area contributed by atoms with Gasteiger partial charge in [-0.2, -0.15) is 23.5 Å². The number of nitrogens with zero attached hydrogens (tertiary/aromatic N) is 5. The summed E-state index contributed by atoms with van der Waals surface area (Å²) in [7, 11) is 1.37. The molecule has 0 spiro atoms. The van der Waals surface area contributed by atoms with Gasteiger partial charge in [0.1, 0.15) is 28.9 Å². The van der Waals surface area contributed by atoms with E-state index in [1.807, 2.05) is 0 Å². The summed E-state index contributed by atoms with van der Waals surface area (Å²) in [6.45, 7) is 0.832. The second kappa shape index (κ2) is 9.07. The van der Waals surface area contributed by atoms with Crippen molar-refractivity contribution in [2.45, 2.75) is 32.3 Å². The summed E-state index contributed by atoms with van der Waals surface area (Å²) >= 11 is 6.22. The van der Waals surface area contributed by atoms with Gasteiger partial charge in [-0.15, -0.1) is 0 Å². The van der Waals surface area contributed by atoms with Gasteiger partial charge in [0.2, 0.25) is 5.88 Å². The fourth-order valence-electron chi connectivity index (χ4n) is 3.51. The van der Waals surface area contributed by atoms with Crippen LogP contribution in [0.3, 0.4) is 0 Å². The molecule has 1 atom stereocenters. The smallest absolute Gasteiger partial charge is 0.425 e. The minimum Gasteiger partial charge on any atom is -0.480 e. The van der Waals surface area contributed by atoms with E-state index in [9.17, 15) is 27.6 Å². The molecule has 0 N–H and O–H groups in total. The van der Waals surface area contributed by atoms with E-state index in [0.29, 0.717) is 11.3 Å². The van der Waals surface area contributed by atoms with E-state index in [1.54, 1.807) is 12.3 Å². The van der Waals surface area contributed by atoms with Gasteiger partial charge in [0, 0.05) is 24.4 Å². The van der Waals surface area contributed by atoms with Crippen molar-refractivity contribution >= 4 is 17.5 Å².